The van der Waals surface area contributed by atoms with Crippen molar-refractivity contribution in [3.05, 3.63) is 83.8 Å². The lowest BCUT2D eigenvalue weighted by molar-refractivity contribution is -0.124. The number of nitrogens with one attached hydrogen (secondary N) is 1. The monoisotopic (exact) mass is 395 g/mol. The van der Waals surface area contributed by atoms with Gasteiger partial charge in [-0.2, -0.15) is 0 Å². The molecule has 1 amide bonds. The van der Waals surface area contributed by atoms with Crippen LogP contribution in [0.5, 0.6) is 11.5 Å². The van der Waals surface area contributed by atoms with Crippen LogP contribution in [0.15, 0.2) is 71.3 Å². The van der Waals surface area contributed by atoms with E-state index in [1.165, 1.54) is 12.3 Å². The van der Waals surface area contributed by atoms with E-state index >= 15 is 0 Å². The number of carbonyl (C=O) groups excluding carboxylic acids is 2. The lowest BCUT2D eigenvalue weighted by atomic mass is 10.2. The molecule has 0 spiro atoms. The average Bonchev–Trinajstić information content (AvgIpc) is 3.30. The van der Waals surface area contributed by atoms with Gasteiger partial charge < -0.3 is 23.9 Å². The van der Waals surface area contributed by atoms with Crippen molar-refractivity contribution in [1.29, 1.82) is 0 Å². The van der Waals surface area contributed by atoms with E-state index in [2.05, 4.69) is 5.32 Å². The number of methoxy groups -OCH3 is 1. The third kappa shape index (κ3) is 5.87. The molecule has 0 aliphatic carbocycles. The van der Waals surface area contributed by atoms with Crippen molar-refractivity contribution in [2.75, 3.05) is 13.7 Å². The molecule has 2 aromatic carbocycles. The van der Waals surface area contributed by atoms with Gasteiger partial charge in [0.1, 0.15) is 6.61 Å². The maximum atomic E-state index is 11.9. The number of esters is 1. The first kappa shape index (κ1) is 20.0. The third-order valence-corrected chi connectivity index (χ3v) is 4.01. The highest BCUT2D eigenvalue weighted by Gasteiger charge is 2.13. The average molecular weight is 395 g/mol. The molecular weight excluding hydrogens is 374 g/mol. The highest BCUT2D eigenvalue weighted by atomic mass is 16.5. The molecule has 3 rings (SSSR count). The first-order valence-corrected chi connectivity index (χ1v) is 8.96. The van der Waals surface area contributed by atoms with Gasteiger partial charge in [-0.15, -0.1) is 0 Å². The lowest BCUT2D eigenvalue weighted by Gasteiger charge is -2.13. The van der Waals surface area contributed by atoms with E-state index in [-0.39, 0.29) is 12.3 Å². The Morgan fingerprint density at radius 1 is 0.966 bits per heavy atom. The van der Waals surface area contributed by atoms with Crippen LogP contribution in [0.4, 0.5) is 0 Å². The largest absolute Gasteiger partial charge is 0.493 e. The van der Waals surface area contributed by atoms with Gasteiger partial charge in [0, 0.05) is 6.54 Å². The van der Waals surface area contributed by atoms with Crippen LogP contribution in [-0.4, -0.2) is 25.6 Å². The van der Waals surface area contributed by atoms with Crippen LogP contribution in [-0.2, 0) is 22.7 Å². The second-order valence-electron chi connectivity index (χ2n) is 6.09. The van der Waals surface area contributed by atoms with E-state index in [4.69, 9.17) is 18.6 Å². The standard InChI is InChI=1S/C22H21NO6/c1-26-20-12-17(9-10-18(20)28-14-16-6-3-2-4-7-16)13-23-21(24)15-29-22(25)19-8-5-11-27-19/h2-12H,13-15H2,1H3,(H,23,24). The molecule has 29 heavy (non-hydrogen) atoms. The second kappa shape index (κ2) is 9.98. The van der Waals surface area contributed by atoms with Crippen molar-refractivity contribution >= 4 is 11.9 Å². The Hall–Kier alpha value is -3.74. The molecule has 3 aromatic rings. The third-order valence-electron chi connectivity index (χ3n) is 4.01. The molecule has 0 unspecified atom stereocenters. The fourth-order valence-electron chi connectivity index (χ4n) is 2.53. The van der Waals surface area contributed by atoms with Gasteiger partial charge in [0.15, 0.2) is 18.1 Å². The number of carbonyl (C=O) groups is 2. The highest BCUT2D eigenvalue weighted by Crippen LogP contribution is 2.28. The van der Waals surface area contributed by atoms with E-state index < -0.39 is 18.5 Å². The molecule has 0 bridgehead atoms. The minimum Gasteiger partial charge on any atom is -0.493 e. The first-order chi connectivity index (χ1) is 14.2. The zero-order valence-electron chi connectivity index (χ0n) is 15.9. The summed E-state index contributed by atoms with van der Waals surface area (Å²) in [4.78, 5) is 23.5. The molecule has 0 aliphatic rings. The van der Waals surface area contributed by atoms with Crippen molar-refractivity contribution in [3.8, 4) is 11.5 Å². The smallest absolute Gasteiger partial charge is 0.374 e. The van der Waals surface area contributed by atoms with E-state index in [0.717, 1.165) is 11.1 Å². The predicted molar refractivity (Wildman–Crippen MR) is 105 cm³/mol. The van der Waals surface area contributed by atoms with Crippen LogP contribution in [0, 0.1) is 0 Å². The molecule has 0 fully saturated rings. The Kier molecular flexibility index (Phi) is 6.89. The zero-order valence-corrected chi connectivity index (χ0v) is 15.9. The molecule has 1 heterocycles. The fraction of sp³-hybridized carbons (Fsp3) is 0.182. The van der Waals surface area contributed by atoms with Crippen LogP contribution in [0.3, 0.4) is 0 Å². The number of benzene rings is 2. The molecular formula is C22H21NO6. The molecule has 0 aliphatic heterocycles. The summed E-state index contributed by atoms with van der Waals surface area (Å²) in [5.41, 5.74) is 1.87. The van der Waals surface area contributed by atoms with Crippen molar-refractivity contribution < 1.29 is 28.2 Å². The van der Waals surface area contributed by atoms with Gasteiger partial charge in [-0.1, -0.05) is 36.4 Å². The Bertz CT molecular complexity index is 937. The van der Waals surface area contributed by atoms with Crippen LogP contribution >= 0.6 is 0 Å². The number of amides is 1. The normalized spacial score (nSPS) is 10.2. The summed E-state index contributed by atoms with van der Waals surface area (Å²) in [6.07, 6.45) is 1.36. The Balaban J connectivity index is 1.49. The summed E-state index contributed by atoms with van der Waals surface area (Å²) >= 11 is 0. The van der Waals surface area contributed by atoms with Crippen LogP contribution < -0.4 is 14.8 Å². The fourth-order valence-corrected chi connectivity index (χ4v) is 2.53. The van der Waals surface area contributed by atoms with Gasteiger partial charge in [0.2, 0.25) is 5.76 Å². The van der Waals surface area contributed by atoms with Gasteiger partial charge in [-0.25, -0.2) is 4.79 Å². The Morgan fingerprint density at radius 2 is 1.79 bits per heavy atom. The summed E-state index contributed by atoms with van der Waals surface area (Å²) in [5.74, 6) is 0.115. The van der Waals surface area contributed by atoms with Crippen molar-refractivity contribution in [1.82, 2.24) is 5.32 Å². The molecule has 7 heteroatoms. The molecule has 0 saturated heterocycles. The Labute approximate surface area is 168 Å². The number of furan rings is 1. The minimum atomic E-state index is -0.688. The Morgan fingerprint density at radius 3 is 2.52 bits per heavy atom. The lowest BCUT2D eigenvalue weighted by Crippen LogP contribution is -2.28. The number of rotatable bonds is 9. The maximum absolute atomic E-state index is 11.9. The highest BCUT2D eigenvalue weighted by molar-refractivity contribution is 5.88. The quantitative estimate of drug-likeness (QED) is 0.559. The van der Waals surface area contributed by atoms with Gasteiger partial charge in [-0.3, -0.25) is 4.79 Å². The SMILES string of the molecule is COc1cc(CNC(=O)COC(=O)c2ccco2)ccc1OCc1ccccc1. The summed E-state index contributed by atoms with van der Waals surface area (Å²) in [7, 11) is 1.56. The number of hydrogen-bond acceptors (Lipinski definition) is 6. The van der Waals surface area contributed by atoms with E-state index in [1.807, 2.05) is 36.4 Å². The summed E-state index contributed by atoms with van der Waals surface area (Å²) < 4.78 is 21.0. The molecule has 0 radical (unpaired) electrons. The molecule has 150 valence electrons. The first-order valence-electron chi connectivity index (χ1n) is 8.96. The van der Waals surface area contributed by atoms with Gasteiger partial charge in [0.25, 0.3) is 5.91 Å². The topological polar surface area (TPSA) is 87.0 Å². The second-order valence-corrected chi connectivity index (χ2v) is 6.09. The van der Waals surface area contributed by atoms with Gasteiger partial charge in [0.05, 0.1) is 13.4 Å². The minimum absolute atomic E-state index is 0.0497. The summed E-state index contributed by atoms with van der Waals surface area (Å²) in [5, 5.41) is 2.69. The molecule has 1 N–H and O–H groups in total. The van der Waals surface area contributed by atoms with Crippen LogP contribution in [0.1, 0.15) is 21.7 Å². The molecule has 1 aromatic heterocycles. The molecule has 0 saturated carbocycles. The molecule has 0 atom stereocenters. The summed E-state index contributed by atoms with van der Waals surface area (Å²) in [6.45, 7) is 0.287. The molecule has 7 nitrogen and oxygen atoms in total. The van der Waals surface area contributed by atoms with E-state index in [1.54, 1.807) is 25.3 Å². The predicted octanol–water partition coefficient (Wildman–Crippen LogP) is 3.34. The number of hydrogen-bond donors (Lipinski definition) is 1. The number of ether oxygens (including phenoxy) is 3. The summed E-state index contributed by atoms with van der Waals surface area (Å²) in [6, 6.07) is 18.3. The zero-order chi connectivity index (χ0) is 20.5. The van der Waals surface area contributed by atoms with Crippen molar-refractivity contribution in [2.45, 2.75) is 13.2 Å². The maximum Gasteiger partial charge on any atom is 0.374 e. The van der Waals surface area contributed by atoms with Gasteiger partial charge >= 0.3 is 5.97 Å². The van der Waals surface area contributed by atoms with Crippen molar-refractivity contribution in [2.24, 2.45) is 0 Å². The van der Waals surface area contributed by atoms with E-state index in [9.17, 15) is 9.59 Å². The van der Waals surface area contributed by atoms with Gasteiger partial charge in [-0.05, 0) is 35.4 Å². The van der Waals surface area contributed by atoms with Crippen LogP contribution in [0.25, 0.3) is 0 Å². The van der Waals surface area contributed by atoms with Crippen LogP contribution in [0.2, 0.25) is 0 Å². The van der Waals surface area contributed by atoms with Crippen molar-refractivity contribution in [3.63, 3.8) is 0 Å². The van der Waals surface area contributed by atoms with E-state index in [0.29, 0.717) is 18.1 Å².